The number of nitrogens with zero attached hydrogens (tertiary/aromatic N) is 3. The third-order valence-corrected chi connectivity index (χ3v) is 4.55. The zero-order chi connectivity index (χ0) is 13.8. The average Bonchev–Trinajstić information content (AvgIpc) is 2.93. The van der Waals surface area contributed by atoms with Crippen molar-refractivity contribution in [2.45, 2.75) is 38.1 Å². The van der Waals surface area contributed by atoms with Gasteiger partial charge in [0.15, 0.2) is 0 Å². The van der Waals surface area contributed by atoms with Crippen molar-refractivity contribution < 1.29 is 0 Å². The molecule has 1 N–H and O–H groups in total. The van der Waals surface area contributed by atoms with E-state index in [2.05, 4.69) is 33.7 Å². The minimum absolute atomic E-state index is 0.634. The third-order valence-electron chi connectivity index (χ3n) is 4.55. The Bertz CT molecular complexity index is 451. The largest absolute Gasteiger partial charge is 0.367 e. The van der Waals surface area contributed by atoms with Gasteiger partial charge in [-0.2, -0.15) is 5.10 Å². The molecule has 110 valence electrons. The highest BCUT2D eigenvalue weighted by Crippen LogP contribution is 2.21. The second kappa shape index (κ2) is 6.44. The first-order valence-corrected chi connectivity index (χ1v) is 7.93. The Morgan fingerprint density at radius 1 is 1.35 bits per heavy atom. The summed E-state index contributed by atoms with van der Waals surface area (Å²) in [5, 5.41) is 8.08. The molecule has 2 unspecified atom stereocenters. The molecule has 2 heterocycles. The Morgan fingerprint density at radius 2 is 2.30 bits per heavy atom. The van der Waals surface area contributed by atoms with Gasteiger partial charge in [-0.1, -0.05) is 12.2 Å². The van der Waals surface area contributed by atoms with E-state index in [4.69, 9.17) is 0 Å². The maximum Gasteiger partial charge on any atom is 0.0752 e. The van der Waals surface area contributed by atoms with Crippen molar-refractivity contribution in [3.8, 4) is 0 Å². The van der Waals surface area contributed by atoms with Crippen LogP contribution in [0.4, 0.5) is 5.69 Å². The Hall–Kier alpha value is -1.29. The van der Waals surface area contributed by atoms with Crippen LogP contribution in [0.15, 0.2) is 24.5 Å². The van der Waals surface area contributed by atoms with Crippen molar-refractivity contribution in [3.05, 3.63) is 24.5 Å². The molecule has 1 aliphatic heterocycles. The molecular weight excluding hydrogens is 248 g/mol. The maximum absolute atomic E-state index is 4.28. The lowest BCUT2D eigenvalue weighted by molar-refractivity contribution is 0.367. The van der Waals surface area contributed by atoms with Crippen molar-refractivity contribution in [1.82, 2.24) is 15.1 Å². The molecule has 0 bridgehead atoms. The number of allylic oxidation sites excluding steroid dienone is 2. The SMILES string of the molecule is Cn1cc(N2CCCC(NCC3CC=CCC3)C2)cn1. The molecule has 2 atom stereocenters. The Kier molecular flexibility index (Phi) is 4.41. The lowest BCUT2D eigenvalue weighted by atomic mass is 9.94. The molecule has 1 aromatic rings. The summed E-state index contributed by atoms with van der Waals surface area (Å²) in [5.41, 5.74) is 1.26. The normalized spacial score (nSPS) is 26.9. The number of aryl methyl sites for hydroxylation is 1. The van der Waals surface area contributed by atoms with Gasteiger partial charge in [0.1, 0.15) is 0 Å². The zero-order valence-electron chi connectivity index (χ0n) is 12.5. The summed E-state index contributed by atoms with van der Waals surface area (Å²) >= 11 is 0. The Morgan fingerprint density at radius 3 is 3.05 bits per heavy atom. The number of nitrogens with one attached hydrogen (secondary N) is 1. The fourth-order valence-electron chi connectivity index (χ4n) is 3.32. The van der Waals surface area contributed by atoms with E-state index in [1.807, 2.05) is 17.9 Å². The van der Waals surface area contributed by atoms with E-state index < -0.39 is 0 Å². The van der Waals surface area contributed by atoms with Gasteiger partial charge in [0, 0.05) is 32.4 Å². The molecule has 0 radical (unpaired) electrons. The molecule has 20 heavy (non-hydrogen) atoms. The Balaban J connectivity index is 1.49. The van der Waals surface area contributed by atoms with Crippen LogP contribution in [-0.2, 0) is 7.05 Å². The van der Waals surface area contributed by atoms with Gasteiger partial charge in [0.05, 0.1) is 11.9 Å². The number of hydrogen-bond acceptors (Lipinski definition) is 3. The monoisotopic (exact) mass is 274 g/mol. The Labute approximate surface area is 121 Å². The molecular formula is C16H26N4. The number of hydrogen-bond donors (Lipinski definition) is 1. The summed E-state index contributed by atoms with van der Waals surface area (Å²) < 4.78 is 1.89. The molecule has 1 saturated heterocycles. The van der Waals surface area contributed by atoms with Crippen molar-refractivity contribution in [2.75, 3.05) is 24.5 Å². The summed E-state index contributed by atoms with van der Waals surface area (Å²) in [6.07, 6.45) is 15.2. The lowest BCUT2D eigenvalue weighted by Crippen LogP contribution is -2.47. The van der Waals surface area contributed by atoms with Crippen LogP contribution in [0.25, 0.3) is 0 Å². The predicted molar refractivity (Wildman–Crippen MR) is 82.9 cm³/mol. The highest BCUT2D eigenvalue weighted by atomic mass is 15.3. The first-order chi connectivity index (χ1) is 9.81. The summed E-state index contributed by atoms with van der Waals surface area (Å²) in [6.45, 7) is 3.46. The van der Waals surface area contributed by atoms with Gasteiger partial charge in [-0.25, -0.2) is 0 Å². The van der Waals surface area contributed by atoms with Gasteiger partial charge in [-0.3, -0.25) is 4.68 Å². The molecule has 1 aliphatic carbocycles. The number of piperidine rings is 1. The average molecular weight is 274 g/mol. The predicted octanol–water partition coefficient (Wildman–Crippen LogP) is 2.33. The summed E-state index contributed by atoms with van der Waals surface area (Å²) in [7, 11) is 1.99. The quantitative estimate of drug-likeness (QED) is 0.856. The topological polar surface area (TPSA) is 33.1 Å². The van der Waals surface area contributed by atoms with Crippen molar-refractivity contribution in [2.24, 2.45) is 13.0 Å². The van der Waals surface area contributed by atoms with Crippen LogP contribution < -0.4 is 10.2 Å². The minimum Gasteiger partial charge on any atom is -0.367 e. The summed E-state index contributed by atoms with van der Waals surface area (Å²) in [6, 6.07) is 0.634. The van der Waals surface area contributed by atoms with Crippen LogP contribution in [-0.4, -0.2) is 35.5 Å². The van der Waals surface area contributed by atoms with Crippen LogP contribution in [0.2, 0.25) is 0 Å². The van der Waals surface area contributed by atoms with Crippen LogP contribution in [0.1, 0.15) is 32.1 Å². The highest BCUT2D eigenvalue weighted by Gasteiger charge is 2.21. The molecule has 0 aromatic carbocycles. The van der Waals surface area contributed by atoms with E-state index in [0.717, 1.165) is 19.0 Å². The fraction of sp³-hybridized carbons (Fsp3) is 0.688. The molecule has 2 aliphatic rings. The summed E-state index contributed by atoms with van der Waals surface area (Å²) in [4.78, 5) is 2.47. The fourth-order valence-corrected chi connectivity index (χ4v) is 3.32. The molecule has 1 fully saturated rings. The van der Waals surface area contributed by atoms with Gasteiger partial charge in [-0.15, -0.1) is 0 Å². The molecule has 1 aromatic heterocycles. The van der Waals surface area contributed by atoms with Crippen LogP contribution >= 0.6 is 0 Å². The van der Waals surface area contributed by atoms with E-state index >= 15 is 0 Å². The standard InChI is InChI=1S/C16H26N4/c1-19-13-16(11-18-19)20-9-5-8-15(12-20)17-10-14-6-3-2-4-7-14/h2-3,11,13-15,17H,4-10,12H2,1H3. The van der Waals surface area contributed by atoms with E-state index in [1.165, 1.54) is 44.3 Å². The molecule has 3 rings (SSSR count). The number of aromatic nitrogens is 2. The number of anilines is 1. The van der Waals surface area contributed by atoms with Gasteiger partial charge in [0.2, 0.25) is 0 Å². The van der Waals surface area contributed by atoms with Crippen LogP contribution in [0, 0.1) is 5.92 Å². The minimum atomic E-state index is 0.634. The first kappa shape index (κ1) is 13.7. The zero-order valence-corrected chi connectivity index (χ0v) is 12.5. The summed E-state index contributed by atoms with van der Waals surface area (Å²) in [5.74, 6) is 0.841. The molecule has 4 heteroatoms. The van der Waals surface area contributed by atoms with E-state index in [-0.39, 0.29) is 0 Å². The lowest BCUT2D eigenvalue weighted by Gasteiger charge is -2.34. The second-order valence-corrected chi connectivity index (χ2v) is 6.22. The van der Waals surface area contributed by atoms with Gasteiger partial charge in [0.25, 0.3) is 0 Å². The molecule has 0 saturated carbocycles. The van der Waals surface area contributed by atoms with E-state index in [0.29, 0.717) is 6.04 Å². The molecule has 0 spiro atoms. The molecule has 4 nitrogen and oxygen atoms in total. The van der Waals surface area contributed by atoms with Crippen LogP contribution in [0.3, 0.4) is 0 Å². The van der Waals surface area contributed by atoms with Crippen molar-refractivity contribution >= 4 is 5.69 Å². The van der Waals surface area contributed by atoms with Crippen molar-refractivity contribution in [3.63, 3.8) is 0 Å². The maximum atomic E-state index is 4.28. The van der Waals surface area contributed by atoms with Gasteiger partial charge >= 0.3 is 0 Å². The smallest absolute Gasteiger partial charge is 0.0752 e. The van der Waals surface area contributed by atoms with Gasteiger partial charge in [-0.05, 0) is 44.6 Å². The van der Waals surface area contributed by atoms with Crippen LogP contribution in [0.5, 0.6) is 0 Å². The number of rotatable bonds is 4. The van der Waals surface area contributed by atoms with E-state index in [1.54, 1.807) is 0 Å². The second-order valence-electron chi connectivity index (χ2n) is 6.22. The van der Waals surface area contributed by atoms with E-state index in [9.17, 15) is 0 Å². The third kappa shape index (κ3) is 3.42. The van der Waals surface area contributed by atoms with Crippen molar-refractivity contribution in [1.29, 1.82) is 0 Å². The first-order valence-electron chi connectivity index (χ1n) is 7.93. The van der Waals surface area contributed by atoms with Gasteiger partial charge < -0.3 is 10.2 Å². The highest BCUT2D eigenvalue weighted by molar-refractivity contribution is 5.42. The molecule has 0 amide bonds.